The van der Waals surface area contributed by atoms with Crippen LogP contribution in [0.2, 0.25) is 0 Å². The van der Waals surface area contributed by atoms with E-state index in [1.54, 1.807) is 30.9 Å². The normalized spacial score (nSPS) is 10.3. The summed E-state index contributed by atoms with van der Waals surface area (Å²) in [6, 6.07) is 5.15. The molecule has 0 aliphatic rings. The Morgan fingerprint density at radius 2 is 2.33 bits per heavy atom. The first-order chi connectivity index (χ1) is 8.65. The average molecular weight is 245 g/mol. The molecule has 0 saturated carbocycles. The third kappa shape index (κ3) is 3.10. The van der Waals surface area contributed by atoms with Crippen LogP contribution >= 0.6 is 0 Å². The van der Waals surface area contributed by atoms with Crippen LogP contribution in [0, 0.1) is 6.92 Å². The number of aromatic nitrogens is 2. The lowest BCUT2D eigenvalue weighted by atomic mass is 10.2. The number of hydrogen-bond donors (Lipinski definition) is 2. The predicted molar refractivity (Wildman–Crippen MR) is 68.3 cm³/mol. The Hall–Kier alpha value is -2.30. The highest BCUT2D eigenvalue weighted by Gasteiger charge is 2.06. The average Bonchev–Trinajstić information content (AvgIpc) is 2.83. The van der Waals surface area contributed by atoms with Gasteiger partial charge < -0.3 is 15.0 Å². The number of carbonyl (C=O) groups is 1. The molecule has 1 aromatic heterocycles. The van der Waals surface area contributed by atoms with Gasteiger partial charge in [-0.3, -0.25) is 4.79 Å². The van der Waals surface area contributed by atoms with Crippen LogP contribution in [-0.2, 0) is 11.3 Å². The summed E-state index contributed by atoms with van der Waals surface area (Å²) < 4.78 is 1.83. The quantitative estimate of drug-likeness (QED) is 0.809. The van der Waals surface area contributed by atoms with Gasteiger partial charge in [0, 0.05) is 25.4 Å². The maximum Gasteiger partial charge on any atom is 0.226 e. The molecule has 0 atom stereocenters. The molecule has 1 heterocycles. The van der Waals surface area contributed by atoms with Gasteiger partial charge in [0.15, 0.2) is 0 Å². The second-order valence-electron chi connectivity index (χ2n) is 4.12. The molecule has 18 heavy (non-hydrogen) atoms. The molecule has 5 nitrogen and oxygen atoms in total. The topological polar surface area (TPSA) is 67.2 Å². The van der Waals surface area contributed by atoms with Gasteiger partial charge in [0.2, 0.25) is 5.91 Å². The first kappa shape index (κ1) is 12.2. The zero-order chi connectivity index (χ0) is 13.0. The molecule has 0 aliphatic carbocycles. The van der Waals surface area contributed by atoms with Crippen LogP contribution in [0.15, 0.2) is 36.9 Å². The molecule has 2 rings (SSSR count). The monoisotopic (exact) mass is 245 g/mol. The maximum atomic E-state index is 11.7. The van der Waals surface area contributed by atoms with E-state index in [9.17, 15) is 9.90 Å². The number of aryl methyl sites for hydroxylation is 2. The highest BCUT2D eigenvalue weighted by atomic mass is 16.3. The van der Waals surface area contributed by atoms with Gasteiger partial charge in [-0.15, -0.1) is 0 Å². The van der Waals surface area contributed by atoms with Gasteiger partial charge in [-0.1, -0.05) is 6.07 Å². The number of amides is 1. The van der Waals surface area contributed by atoms with E-state index < -0.39 is 0 Å². The lowest BCUT2D eigenvalue weighted by molar-refractivity contribution is -0.116. The van der Waals surface area contributed by atoms with Crippen molar-refractivity contribution in [3.63, 3.8) is 0 Å². The van der Waals surface area contributed by atoms with Crippen LogP contribution in [0.25, 0.3) is 0 Å². The molecule has 0 fully saturated rings. The first-order valence-electron chi connectivity index (χ1n) is 5.70. The van der Waals surface area contributed by atoms with E-state index in [0.717, 1.165) is 5.56 Å². The second-order valence-corrected chi connectivity index (χ2v) is 4.12. The van der Waals surface area contributed by atoms with Gasteiger partial charge in [-0.25, -0.2) is 4.98 Å². The van der Waals surface area contributed by atoms with Gasteiger partial charge in [0.05, 0.1) is 12.0 Å². The lowest BCUT2D eigenvalue weighted by Crippen LogP contribution is -2.14. The third-order valence-electron chi connectivity index (χ3n) is 2.58. The number of rotatable bonds is 4. The van der Waals surface area contributed by atoms with Crippen LogP contribution < -0.4 is 5.32 Å². The van der Waals surface area contributed by atoms with Gasteiger partial charge in [0.1, 0.15) is 5.75 Å². The summed E-state index contributed by atoms with van der Waals surface area (Å²) >= 11 is 0. The molecule has 1 amide bonds. The summed E-state index contributed by atoms with van der Waals surface area (Å²) in [5, 5.41) is 12.3. The Morgan fingerprint density at radius 1 is 1.50 bits per heavy atom. The first-order valence-corrected chi connectivity index (χ1v) is 5.70. The number of hydrogen-bond acceptors (Lipinski definition) is 3. The molecule has 0 aliphatic heterocycles. The summed E-state index contributed by atoms with van der Waals surface area (Å²) in [5.74, 6) is -0.0474. The minimum absolute atomic E-state index is 0.0889. The van der Waals surface area contributed by atoms with Crippen molar-refractivity contribution in [2.45, 2.75) is 19.9 Å². The highest BCUT2D eigenvalue weighted by Crippen LogP contribution is 2.23. The van der Waals surface area contributed by atoms with Crippen LogP contribution in [-0.4, -0.2) is 20.6 Å². The fraction of sp³-hybridized carbons (Fsp3) is 0.231. The van der Waals surface area contributed by atoms with E-state index in [1.165, 1.54) is 0 Å². The Labute approximate surface area is 105 Å². The lowest BCUT2D eigenvalue weighted by Gasteiger charge is -2.08. The third-order valence-corrected chi connectivity index (χ3v) is 2.58. The zero-order valence-corrected chi connectivity index (χ0v) is 10.1. The number of nitrogens with zero attached hydrogens (tertiary/aromatic N) is 2. The van der Waals surface area contributed by atoms with Gasteiger partial charge in [-0.05, 0) is 24.6 Å². The van der Waals surface area contributed by atoms with Crippen LogP contribution in [0.5, 0.6) is 5.75 Å². The van der Waals surface area contributed by atoms with Gasteiger partial charge >= 0.3 is 0 Å². The number of carbonyl (C=O) groups excluding carboxylic acids is 1. The number of phenolic OH excluding ortho intramolecular Hbond substituents is 1. The van der Waals surface area contributed by atoms with Crippen molar-refractivity contribution in [2.75, 3.05) is 5.32 Å². The molecule has 94 valence electrons. The summed E-state index contributed by atoms with van der Waals surface area (Å²) in [6.07, 6.45) is 5.47. The molecule has 2 aromatic rings. The molecule has 0 spiro atoms. The summed E-state index contributed by atoms with van der Waals surface area (Å²) in [7, 11) is 0. The van der Waals surface area contributed by atoms with Crippen LogP contribution in [0.4, 0.5) is 5.69 Å². The summed E-state index contributed by atoms with van der Waals surface area (Å²) in [5.41, 5.74) is 1.39. The van der Waals surface area contributed by atoms with Crippen molar-refractivity contribution in [3.05, 3.63) is 42.5 Å². The van der Waals surface area contributed by atoms with Crippen molar-refractivity contribution >= 4 is 11.6 Å². The number of nitrogens with one attached hydrogen (secondary N) is 1. The van der Waals surface area contributed by atoms with E-state index >= 15 is 0 Å². The van der Waals surface area contributed by atoms with Crippen molar-refractivity contribution in [1.29, 1.82) is 0 Å². The van der Waals surface area contributed by atoms with Crippen molar-refractivity contribution < 1.29 is 9.90 Å². The van der Waals surface area contributed by atoms with Crippen molar-refractivity contribution in [3.8, 4) is 5.75 Å². The fourth-order valence-corrected chi connectivity index (χ4v) is 1.61. The van der Waals surface area contributed by atoms with E-state index in [4.69, 9.17) is 0 Å². The maximum absolute atomic E-state index is 11.7. The van der Waals surface area contributed by atoms with Gasteiger partial charge in [-0.2, -0.15) is 0 Å². The Kier molecular flexibility index (Phi) is 3.62. The highest BCUT2D eigenvalue weighted by molar-refractivity contribution is 5.92. The Balaban J connectivity index is 1.91. The smallest absolute Gasteiger partial charge is 0.226 e. The van der Waals surface area contributed by atoms with Crippen molar-refractivity contribution in [1.82, 2.24) is 9.55 Å². The molecular formula is C13H15N3O2. The standard InChI is InChI=1S/C13H15N3O2/c1-10-2-3-11(12(17)8-10)15-13(18)4-6-16-7-5-14-9-16/h2-3,5,7-9,17H,4,6H2,1H3,(H,15,18). The molecule has 0 bridgehead atoms. The van der Waals surface area contributed by atoms with E-state index in [0.29, 0.717) is 18.7 Å². The van der Waals surface area contributed by atoms with E-state index in [2.05, 4.69) is 10.3 Å². The number of phenols is 1. The molecule has 5 heteroatoms. The number of imidazole rings is 1. The number of aromatic hydroxyl groups is 1. The molecular weight excluding hydrogens is 230 g/mol. The van der Waals surface area contributed by atoms with Crippen molar-refractivity contribution in [2.24, 2.45) is 0 Å². The number of anilines is 1. The van der Waals surface area contributed by atoms with E-state index in [-0.39, 0.29) is 11.7 Å². The largest absolute Gasteiger partial charge is 0.506 e. The fourth-order valence-electron chi connectivity index (χ4n) is 1.61. The minimum atomic E-state index is -0.136. The molecule has 2 N–H and O–H groups in total. The van der Waals surface area contributed by atoms with E-state index in [1.807, 2.05) is 17.6 Å². The summed E-state index contributed by atoms with van der Waals surface area (Å²) in [6.45, 7) is 2.45. The van der Waals surface area contributed by atoms with Crippen LogP contribution in [0.3, 0.4) is 0 Å². The molecule has 0 unspecified atom stereocenters. The van der Waals surface area contributed by atoms with Crippen LogP contribution in [0.1, 0.15) is 12.0 Å². The molecule has 0 saturated heterocycles. The predicted octanol–water partition coefficient (Wildman–Crippen LogP) is 1.93. The zero-order valence-electron chi connectivity index (χ0n) is 10.1. The molecule has 1 aromatic carbocycles. The van der Waals surface area contributed by atoms with Gasteiger partial charge in [0.25, 0.3) is 0 Å². The number of benzene rings is 1. The SMILES string of the molecule is Cc1ccc(NC(=O)CCn2ccnc2)c(O)c1. The Bertz CT molecular complexity index is 535. The second kappa shape index (κ2) is 5.35. The Morgan fingerprint density at radius 3 is 3.00 bits per heavy atom. The summed E-state index contributed by atoms with van der Waals surface area (Å²) in [4.78, 5) is 15.6. The minimum Gasteiger partial charge on any atom is -0.506 e. The molecule has 0 radical (unpaired) electrons.